The van der Waals surface area contributed by atoms with Crippen molar-refractivity contribution in [3.8, 4) is 0 Å². The van der Waals surface area contributed by atoms with Crippen molar-refractivity contribution < 1.29 is 4.74 Å². The largest absolute Gasteiger partial charge is 0.385 e. The van der Waals surface area contributed by atoms with E-state index >= 15 is 0 Å². The first-order chi connectivity index (χ1) is 6.21. The van der Waals surface area contributed by atoms with E-state index in [4.69, 9.17) is 10.5 Å². The Morgan fingerprint density at radius 2 is 2.23 bits per heavy atom. The lowest BCUT2D eigenvalue weighted by molar-refractivity contribution is -0.0161. The molecule has 0 aromatic rings. The van der Waals surface area contributed by atoms with Crippen LogP contribution in [0, 0.1) is 0 Å². The highest BCUT2D eigenvalue weighted by molar-refractivity contribution is 5.89. The molecule has 1 saturated carbocycles. The van der Waals surface area contributed by atoms with E-state index in [1.165, 1.54) is 19.3 Å². The monoisotopic (exact) mass is 182 g/mol. The molecule has 2 N–H and O–H groups in total. The van der Waals surface area contributed by atoms with E-state index in [9.17, 15) is 0 Å². The van der Waals surface area contributed by atoms with Crippen LogP contribution in [0.5, 0.6) is 0 Å². The molecule has 0 spiro atoms. The van der Waals surface area contributed by atoms with Crippen molar-refractivity contribution in [3.05, 3.63) is 0 Å². The molecule has 3 nitrogen and oxygen atoms in total. The molecule has 74 valence electrons. The summed E-state index contributed by atoms with van der Waals surface area (Å²) in [6.45, 7) is 2.89. The molecule has 1 unspecified atom stereocenters. The van der Waals surface area contributed by atoms with Crippen molar-refractivity contribution in [2.24, 2.45) is 10.7 Å². The lowest BCUT2D eigenvalue weighted by Gasteiger charge is -2.33. The van der Waals surface area contributed by atoms with Crippen LogP contribution in [0.1, 0.15) is 39.0 Å². The number of aliphatic imine (C=N–C) groups is 1. The van der Waals surface area contributed by atoms with Gasteiger partial charge in [-0.3, -0.25) is 4.99 Å². The van der Waals surface area contributed by atoms with Gasteiger partial charge in [-0.15, -0.1) is 0 Å². The van der Waals surface area contributed by atoms with E-state index in [2.05, 4.69) is 11.9 Å². The van der Waals surface area contributed by atoms with Crippen LogP contribution < -0.4 is 5.73 Å². The molecule has 1 atom stereocenters. The zero-order valence-corrected chi connectivity index (χ0v) is 8.25. The van der Waals surface area contributed by atoms with Gasteiger partial charge in [0.2, 0.25) is 0 Å². The summed E-state index contributed by atoms with van der Waals surface area (Å²) in [4.78, 5) is 4.45. The van der Waals surface area contributed by atoms with Gasteiger partial charge in [-0.25, -0.2) is 0 Å². The maximum Gasteiger partial charge on any atom is 0.126 e. The van der Waals surface area contributed by atoms with Crippen LogP contribution in [0.2, 0.25) is 0 Å². The van der Waals surface area contributed by atoms with Crippen LogP contribution in [0.15, 0.2) is 4.99 Å². The van der Waals surface area contributed by atoms with Gasteiger partial charge in [0.25, 0.3) is 0 Å². The van der Waals surface area contributed by atoms with E-state index in [-0.39, 0.29) is 5.60 Å². The van der Waals surface area contributed by atoms with Gasteiger partial charge in [0.15, 0.2) is 0 Å². The fourth-order valence-electron chi connectivity index (χ4n) is 1.67. The van der Waals surface area contributed by atoms with Crippen LogP contribution in [0.25, 0.3) is 0 Å². The average molecular weight is 182 g/mol. The number of hydrogen-bond donors (Lipinski definition) is 1. The van der Waals surface area contributed by atoms with Crippen LogP contribution in [-0.4, -0.2) is 24.1 Å². The second kappa shape index (κ2) is 3.29. The molecular weight excluding hydrogens is 164 g/mol. The first-order valence-electron chi connectivity index (χ1n) is 5.18. The molecule has 0 radical (unpaired) electrons. The van der Waals surface area contributed by atoms with Gasteiger partial charge in [-0.05, 0) is 39.0 Å². The third kappa shape index (κ3) is 2.02. The summed E-state index contributed by atoms with van der Waals surface area (Å²) in [5.74, 6) is 0.717. The van der Waals surface area contributed by atoms with Gasteiger partial charge < -0.3 is 10.5 Å². The summed E-state index contributed by atoms with van der Waals surface area (Å²) >= 11 is 0. The lowest BCUT2D eigenvalue weighted by atomic mass is 9.95. The van der Waals surface area contributed by atoms with Crippen LogP contribution in [0.3, 0.4) is 0 Å². The third-order valence-corrected chi connectivity index (χ3v) is 2.88. The normalized spacial score (nSPS) is 36.2. The summed E-state index contributed by atoms with van der Waals surface area (Å²) in [7, 11) is 0. The highest BCUT2D eigenvalue weighted by Gasteiger charge is 2.33. The fraction of sp³-hybridized carbons (Fsp3) is 0.900. The van der Waals surface area contributed by atoms with E-state index in [0.29, 0.717) is 6.04 Å². The summed E-state index contributed by atoms with van der Waals surface area (Å²) in [6, 6.07) is 0.502. The standard InChI is InChI=1S/C10H18N2O/c1-10(6-2-3-7-13-10)9(11)12-8-4-5-8/h8H,2-7H2,1H3,(H2,11,12). The number of nitrogens with zero attached hydrogens (tertiary/aromatic N) is 1. The molecule has 2 rings (SSSR count). The summed E-state index contributed by atoms with van der Waals surface area (Å²) in [5.41, 5.74) is 5.69. The van der Waals surface area contributed by atoms with Gasteiger partial charge in [0.1, 0.15) is 11.4 Å². The molecule has 13 heavy (non-hydrogen) atoms. The second-order valence-electron chi connectivity index (χ2n) is 4.28. The first kappa shape index (κ1) is 9.00. The number of amidine groups is 1. The minimum Gasteiger partial charge on any atom is -0.385 e. The topological polar surface area (TPSA) is 47.6 Å². The molecule has 0 amide bonds. The van der Waals surface area contributed by atoms with Crippen molar-refractivity contribution in [1.29, 1.82) is 0 Å². The Hall–Kier alpha value is -0.570. The minimum atomic E-state index is -0.263. The molecule has 1 heterocycles. The fourth-order valence-corrected chi connectivity index (χ4v) is 1.67. The average Bonchev–Trinajstić information content (AvgIpc) is 2.89. The van der Waals surface area contributed by atoms with Crippen molar-refractivity contribution >= 4 is 5.84 Å². The van der Waals surface area contributed by atoms with E-state index in [0.717, 1.165) is 25.3 Å². The Bertz CT molecular complexity index is 215. The number of nitrogens with two attached hydrogens (primary N) is 1. The number of rotatable bonds is 2. The van der Waals surface area contributed by atoms with Crippen molar-refractivity contribution in [2.45, 2.75) is 50.7 Å². The second-order valence-corrected chi connectivity index (χ2v) is 4.28. The van der Waals surface area contributed by atoms with Gasteiger partial charge >= 0.3 is 0 Å². The Balaban J connectivity index is 2.02. The highest BCUT2D eigenvalue weighted by Crippen LogP contribution is 2.28. The summed E-state index contributed by atoms with van der Waals surface area (Å²) < 4.78 is 5.70. The Morgan fingerprint density at radius 1 is 1.46 bits per heavy atom. The minimum absolute atomic E-state index is 0.263. The van der Waals surface area contributed by atoms with E-state index in [1.54, 1.807) is 0 Å². The molecule has 2 fully saturated rings. The predicted molar refractivity (Wildman–Crippen MR) is 52.9 cm³/mol. The van der Waals surface area contributed by atoms with Crippen LogP contribution in [-0.2, 0) is 4.74 Å². The van der Waals surface area contributed by atoms with E-state index < -0.39 is 0 Å². The molecule has 1 saturated heterocycles. The SMILES string of the molecule is CC1(C(N)=NC2CC2)CCCCO1. The van der Waals surface area contributed by atoms with Crippen molar-refractivity contribution in [2.75, 3.05) is 6.61 Å². The zero-order valence-electron chi connectivity index (χ0n) is 8.25. The molecule has 1 aliphatic carbocycles. The van der Waals surface area contributed by atoms with Crippen LogP contribution >= 0.6 is 0 Å². The molecule has 1 aliphatic heterocycles. The quantitative estimate of drug-likeness (QED) is 0.519. The van der Waals surface area contributed by atoms with Crippen molar-refractivity contribution in [3.63, 3.8) is 0 Å². The number of ether oxygens (including phenoxy) is 1. The summed E-state index contributed by atoms with van der Waals surface area (Å²) in [5, 5.41) is 0. The highest BCUT2D eigenvalue weighted by atomic mass is 16.5. The maximum atomic E-state index is 5.95. The van der Waals surface area contributed by atoms with Gasteiger partial charge in [-0.1, -0.05) is 0 Å². The smallest absolute Gasteiger partial charge is 0.126 e. The van der Waals surface area contributed by atoms with Gasteiger partial charge in [0.05, 0.1) is 6.04 Å². The molecule has 0 bridgehead atoms. The maximum absolute atomic E-state index is 5.95. The van der Waals surface area contributed by atoms with Gasteiger partial charge in [-0.2, -0.15) is 0 Å². The number of hydrogen-bond acceptors (Lipinski definition) is 2. The third-order valence-electron chi connectivity index (χ3n) is 2.88. The van der Waals surface area contributed by atoms with E-state index in [1.807, 2.05) is 0 Å². The summed E-state index contributed by atoms with van der Waals surface area (Å²) in [6.07, 6.45) is 5.80. The first-order valence-corrected chi connectivity index (χ1v) is 5.18. The van der Waals surface area contributed by atoms with Gasteiger partial charge in [0, 0.05) is 6.61 Å². The van der Waals surface area contributed by atoms with Crippen LogP contribution in [0.4, 0.5) is 0 Å². The van der Waals surface area contributed by atoms with Crippen molar-refractivity contribution in [1.82, 2.24) is 0 Å². The molecular formula is C10H18N2O. The Kier molecular flexibility index (Phi) is 2.28. The molecule has 0 aromatic heterocycles. The predicted octanol–water partition coefficient (Wildman–Crippen LogP) is 1.47. The zero-order chi connectivity index (χ0) is 9.31. The molecule has 3 heteroatoms. The molecule has 2 aliphatic rings. The molecule has 0 aromatic carbocycles. The lowest BCUT2D eigenvalue weighted by Crippen LogP contribution is -2.46. The Morgan fingerprint density at radius 3 is 2.77 bits per heavy atom. The Labute approximate surface area is 79.4 Å².